The Bertz CT molecular complexity index is 1730. The topological polar surface area (TPSA) is 63.2 Å². The number of thiazole rings is 1. The van der Waals surface area contributed by atoms with Crippen LogP contribution in [0.5, 0.6) is 0 Å². The second-order valence-electron chi connectivity index (χ2n) is 10.2. The van der Waals surface area contributed by atoms with Crippen LogP contribution in [-0.2, 0) is 25.6 Å². The van der Waals surface area contributed by atoms with Crippen molar-refractivity contribution in [2.24, 2.45) is 0 Å². The van der Waals surface area contributed by atoms with E-state index in [4.69, 9.17) is 0 Å². The van der Waals surface area contributed by atoms with Crippen LogP contribution in [0.3, 0.4) is 0 Å². The van der Waals surface area contributed by atoms with Crippen LogP contribution in [0.4, 0.5) is 18.9 Å². The number of pyridine rings is 1. The summed E-state index contributed by atoms with van der Waals surface area (Å²) in [5, 5.41) is 0.200. The van der Waals surface area contributed by atoms with Gasteiger partial charge in [0.05, 0.1) is 13.0 Å². The molecule has 218 valence electrons. The van der Waals surface area contributed by atoms with Crippen molar-refractivity contribution in [3.8, 4) is 11.1 Å². The predicted molar refractivity (Wildman–Crippen MR) is 163 cm³/mol. The molecule has 43 heavy (non-hydrogen) atoms. The van der Waals surface area contributed by atoms with E-state index in [0.29, 0.717) is 17.7 Å². The van der Waals surface area contributed by atoms with Gasteiger partial charge in [-0.15, -0.1) is 11.3 Å². The van der Waals surface area contributed by atoms with Crippen molar-refractivity contribution in [2.45, 2.75) is 32.5 Å². The predicted octanol–water partition coefficient (Wildman–Crippen LogP) is 8.02. The highest BCUT2D eigenvalue weighted by Gasteiger charge is 2.39. The molecule has 0 spiro atoms. The van der Waals surface area contributed by atoms with E-state index in [9.17, 15) is 22.8 Å². The van der Waals surface area contributed by atoms with Crippen molar-refractivity contribution in [3.05, 3.63) is 135 Å². The first kappa shape index (κ1) is 29.8. The highest BCUT2D eigenvalue weighted by atomic mass is 32.1. The number of carbonyl (C=O) groups is 2. The molecule has 0 aliphatic heterocycles. The maximum absolute atomic E-state index is 13.8. The van der Waals surface area contributed by atoms with Gasteiger partial charge in [-0.1, -0.05) is 72.8 Å². The number of halogens is 3. The average Bonchev–Trinajstić information content (AvgIpc) is 3.44. The number of hydrogen-bond acceptors (Lipinski definition) is 6. The van der Waals surface area contributed by atoms with Crippen LogP contribution < -0.4 is 4.90 Å². The molecule has 0 radical (unpaired) electrons. The summed E-state index contributed by atoms with van der Waals surface area (Å²) in [6.07, 6.45) is -3.15. The van der Waals surface area contributed by atoms with Crippen molar-refractivity contribution in [1.82, 2.24) is 9.97 Å². The number of anilines is 1. The third-order valence-electron chi connectivity index (χ3n) is 7.08. The first-order chi connectivity index (χ1) is 20.6. The molecule has 0 saturated carbocycles. The molecule has 0 bridgehead atoms. The second-order valence-corrected chi connectivity index (χ2v) is 11.3. The molecule has 0 aliphatic rings. The quantitative estimate of drug-likeness (QED) is 0.152. The van der Waals surface area contributed by atoms with Gasteiger partial charge >= 0.3 is 6.18 Å². The number of alkyl halides is 3. The number of hydrogen-bond donors (Lipinski definition) is 0. The van der Waals surface area contributed by atoms with E-state index in [1.54, 1.807) is 42.4 Å². The smallest absolute Gasteiger partial charge is 0.368 e. The first-order valence-electron chi connectivity index (χ1n) is 13.6. The number of rotatable bonds is 10. The van der Waals surface area contributed by atoms with E-state index < -0.39 is 22.5 Å². The molecular formula is C34H28F3N3O2S. The lowest BCUT2D eigenvalue weighted by Gasteiger charge is -2.17. The minimum absolute atomic E-state index is 0.0176. The lowest BCUT2D eigenvalue weighted by atomic mass is 9.98. The van der Waals surface area contributed by atoms with E-state index >= 15 is 0 Å². The normalized spacial score (nSPS) is 11.4. The molecule has 5 nitrogen and oxygen atoms in total. The van der Waals surface area contributed by atoms with E-state index in [-0.39, 0.29) is 23.8 Å². The van der Waals surface area contributed by atoms with Crippen LogP contribution in [0.1, 0.15) is 47.6 Å². The number of aryl methyl sites for hydroxylation is 1. The molecule has 2 heterocycles. The van der Waals surface area contributed by atoms with Crippen molar-refractivity contribution in [1.29, 1.82) is 0 Å². The van der Waals surface area contributed by atoms with Gasteiger partial charge in [-0.25, -0.2) is 4.98 Å². The Balaban J connectivity index is 1.26. The Labute approximate surface area is 251 Å². The molecule has 0 atom stereocenters. The molecule has 0 amide bonds. The minimum atomic E-state index is -4.75. The van der Waals surface area contributed by atoms with Crippen LogP contribution in [0.15, 0.2) is 97.2 Å². The monoisotopic (exact) mass is 599 g/mol. The molecule has 2 aromatic heterocycles. The standard InChI is InChI=1S/C34H28F3N3O2S/c1-22-8-6-7-9-25(22)18-29(41)24-14-12-23(13-15-24)26-16-17-27(38-20-26)19-30(42)32-33(34(35,36)37)39-31(43-32)21-40(2)28-10-4-3-5-11-28/h3-17,20H,18-19,21H2,1-2H3. The molecule has 9 heteroatoms. The molecule has 0 N–H and O–H groups in total. The summed E-state index contributed by atoms with van der Waals surface area (Å²) in [7, 11) is 1.76. The van der Waals surface area contributed by atoms with Gasteiger partial charge in [0.25, 0.3) is 0 Å². The highest BCUT2D eigenvalue weighted by Crippen LogP contribution is 2.36. The van der Waals surface area contributed by atoms with Crippen LogP contribution >= 0.6 is 11.3 Å². The number of aromatic nitrogens is 2. The van der Waals surface area contributed by atoms with E-state index in [2.05, 4.69) is 9.97 Å². The van der Waals surface area contributed by atoms with Crippen molar-refractivity contribution in [2.75, 3.05) is 11.9 Å². The number of nitrogens with zero attached hydrogens (tertiary/aromatic N) is 3. The summed E-state index contributed by atoms with van der Waals surface area (Å²) in [6, 6.07) is 27.6. The maximum Gasteiger partial charge on any atom is 0.434 e. The van der Waals surface area contributed by atoms with E-state index in [1.165, 1.54) is 0 Å². The Kier molecular flexibility index (Phi) is 8.82. The third kappa shape index (κ3) is 7.24. The molecule has 3 aromatic carbocycles. The van der Waals surface area contributed by atoms with Gasteiger partial charge in [0.2, 0.25) is 0 Å². The fraction of sp³-hybridized carbons (Fsp3) is 0.176. The van der Waals surface area contributed by atoms with Crippen molar-refractivity contribution in [3.63, 3.8) is 0 Å². The number of carbonyl (C=O) groups excluding carboxylic acids is 2. The largest absolute Gasteiger partial charge is 0.434 e. The average molecular weight is 600 g/mol. The van der Waals surface area contributed by atoms with Crippen LogP contribution in [0.2, 0.25) is 0 Å². The van der Waals surface area contributed by atoms with Gasteiger partial charge in [-0.2, -0.15) is 13.2 Å². The van der Waals surface area contributed by atoms with E-state index in [1.807, 2.05) is 73.7 Å². The summed E-state index contributed by atoms with van der Waals surface area (Å²) in [4.78, 5) is 35.3. The summed E-state index contributed by atoms with van der Waals surface area (Å²) in [5.74, 6) is -0.667. The third-order valence-corrected chi connectivity index (χ3v) is 8.16. The molecule has 5 aromatic rings. The summed E-state index contributed by atoms with van der Waals surface area (Å²) in [6.45, 7) is 2.11. The molecule has 0 unspecified atom stereocenters. The van der Waals surface area contributed by atoms with E-state index in [0.717, 1.165) is 39.3 Å². The van der Waals surface area contributed by atoms with Crippen LogP contribution in [0, 0.1) is 6.92 Å². The fourth-order valence-electron chi connectivity index (χ4n) is 4.67. The first-order valence-corrected chi connectivity index (χ1v) is 14.4. The minimum Gasteiger partial charge on any atom is -0.368 e. The van der Waals surface area contributed by atoms with Crippen molar-refractivity contribution < 1.29 is 22.8 Å². The highest BCUT2D eigenvalue weighted by molar-refractivity contribution is 7.13. The Morgan fingerprint density at radius 1 is 0.814 bits per heavy atom. The number of para-hydroxylation sites is 1. The molecule has 0 fully saturated rings. The summed E-state index contributed by atoms with van der Waals surface area (Å²) >= 11 is 0.764. The van der Waals surface area contributed by atoms with Gasteiger partial charge in [0.15, 0.2) is 17.3 Å². The van der Waals surface area contributed by atoms with Gasteiger partial charge in [0, 0.05) is 42.2 Å². The van der Waals surface area contributed by atoms with Gasteiger partial charge < -0.3 is 4.90 Å². The summed E-state index contributed by atoms with van der Waals surface area (Å²) < 4.78 is 41.4. The molecule has 0 saturated heterocycles. The van der Waals surface area contributed by atoms with Crippen LogP contribution in [-0.4, -0.2) is 28.6 Å². The Hall–Kier alpha value is -4.63. The Morgan fingerprint density at radius 2 is 1.49 bits per heavy atom. The number of ketones is 2. The van der Waals surface area contributed by atoms with Gasteiger partial charge in [0.1, 0.15) is 9.88 Å². The zero-order valence-electron chi connectivity index (χ0n) is 23.6. The van der Waals surface area contributed by atoms with Gasteiger partial charge in [-0.3, -0.25) is 14.6 Å². The molecular weight excluding hydrogens is 571 g/mol. The summed E-state index contributed by atoms with van der Waals surface area (Å²) in [5.41, 5.74) is 4.26. The number of benzene rings is 3. The van der Waals surface area contributed by atoms with Crippen LogP contribution in [0.25, 0.3) is 11.1 Å². The lowest BCUT2D eigenvalue weighted by molar-refractivity contribution is -0.141. The zero-order valence-corrected chi connectivity index (χ0v) is 24.4. The second kappa shape index (κ2) is 12.7. The SMILES string of the molecule is Cc1ccccc1CC(=O)c1ccc(-c2ccc(CC(=O)c3sc(CN(C)c4ccccc4)nc3C(F)(F)F)nc2)cc1. The Morgan fingerprint density at radius 3 is 2.14 bits per heavy atom. The molecule has 5 rings (SSSR count). The lowest BCUT2D eigenvalue weighted by Crippen LogP contribution is -2.16. The maximum atomic E-state index is 13.8. The van der Waals surface area contributed by atoms with Crippen molar-refractivity contribution >= 4 is 28.6 Å². The number of Topliss-reactive ketones (excluding diaryl/α,β-unsaturated/α-hetero) is 2. The zero-order chi connectivity index (χ0) is 30.6. The molecule has 0 aliphatic carbocycles. The van der Waals surface area contributed by atoms with Gasteiger partial charge in [-0.05, 0) is 41.8 Å². The fourth-order valence-corrected chi connectivity index (χ4v) is 5.74.